The van der Waals surface area contributed by atoms with Crippen LogP contribution in [0.3, 0.4) is 0 Å². The lowest BCUT2D eigenvalue weighted by Gasteiger charge is -2.30. The zero-order valence-corrected chi connectivity index (χ0v) is 14.7. The first-order valence-corrected chi connectivity index (χ1v) is 8.66. The minimum absolute atomic E-state index is 0.712. The van der Waals surface area contributed by atoms with E-state index >= 15 is 0 Å². The number of hydrogen-bond donors (Lipinski definition) is 1. The molecule has 1 aromatic heterocycles. The number of imidazole rings is 1. The van der Waals surface area contributed by atoms with E-state index in [1.807, 2.05) is 6.07 Å². The van der Waals surface area contributed by atoms with Gasteiger partial charge in [-0.2, -0.15) is 0 Å². The molecule has 0 amide bonds. The third kappa shape index (κ3) is 2.45. The standard InChI is InChI=1S/C19H20N4S/c1-13-7-5-8-14(2)17(13)21-19(24)23-12-6-11-22-16-10-4-3-9-15(16)20-18(22)23/h3-5,7-10H,6,11-12H2,1-2H3,(H,21,24). The molecule has 1 aliphatic heterocycles. The number of nitrogens with one attached hydrogen (secondary N) is 1. The van der Waals surface area contributed by atoms with Crippen LogP contribution in [0.15, 0.2) is 42.5 Å². The van der Waals surface area contributed by atoms with Crippen LogP contribution < -0.4 is 10.2 Å². The average Bonchev–Trinajstić information content (AvgIpc) is 2.97. The van der Waals surface area contributed by atoms with Crippen LogP contribution in [0.5, 0.6) is 0 Å². The third-order valence-electron chi connectivity index (χ3n) is 4.60. The zero-order chi connectivity index (χ0) is 16.7. The lowest BCUT2D eigenvalue weighted by atomic mass is 10.1. The summed E-state index contributed by atoms with van der Waals surface area (Å²) in [6, 6.07) is 14.5. The van der Waals surface area contributed by atoms with Gasteiger partial charge in [-0.25, -0.2) is 4.98 Å². The van der Waals surface area contributed by atoms with Gasteiger partial charge in [-0.1, -0.05) is 30.3 Å². The molecule has 1 aliphatic rings. The van der Waals surface area contributed by atoms with Gasteiger partial charge < -0.3 is 9.88 Å². The van der Waals surface area contributed by atoms with Gasteiger partial charge >= 0.3 is 0 Å². The zero-order valence-electron chi connectivity index (χ0n) is 13.9. The molecular formula is C19H20N4S. The fourth-order valence-corrected chi connectivity index (χ4v) is 3.63. The van der Waals surface area contributed by atoms with Crippen molar-refractivity contribution >= 4 is 40.0 Å². The van der Waals surface area contributed by atoms with Crippen molar-refractivity contribution < 1.29 is 0 Å². The van der Waals surface area contributed by atoms with Gasteiger partial charge in [0.2, 0.25) is 5.95 Å². The molecule has 0 spiro atoms. The highest BCUT2D eigenvalue weighted by molar-refractivity contribution is 7.80. The van der Waals surface area contributed by atoms with Crippen LogP contribution in [0.25, 0.3) is 11.0 Å². The topological polar surface area (TPSA) is 33.1 Å². The molecule has 2 aromatic carbocycles. The number of rotatable bonds is 1. The van der Waals surface area contributed by atoms with Gasteiger partial charge in [-0.05, 0) is 55.7 Å². The van der Waals surface area contributed by atoms with Gasteiger partial charge in [0.15, 0.2) is 5.11 Å². The Labute approximate surface area is 147 Å². The highest BCUT2D eigenvalue weighted by atomic mass is 32.1. The van der Waals surface area contributed by atoms with Crippen molar-refractivity contribution in [1.29, 1.82) is 0 Å². The van der Waals surface area contributed by atoms with Crippen LogP contribution in [0, 0.1) is 13.8 Å². The molecular weight excluding hydrogens is 316 g/mol. The maximum Gasteiger partial charge on any atom is 0.212 e. The number of aryl methyl sites for hydroxylation is 3. The molecule has 0 radical (unpaired) electrons. The van der Waals surface area contributed by atoms with E-state index in [4.69, 9.17) is 17.2 Å². The van der Waals surface area contributed by atoms with E-state index in [-0.39, 0.29) is 0 Å². The molecule has 4 nitrogen and oxygen atoms in total. The smallest absolute Gasteiger partial charge is 0.212 e. The van der Waals surface area contributed by atoms with E-state index < -0.39 is 0 Å². The summed E-state index contributed by atoms with van der Waals surface area (Å²) in [5, 5.41) is 4.15. The Balaban J connectivity index is 1.70. The van der Waals surface area contributed by atoms with Gasteiger partial charge in [0.05, 0.1) is 11.0 Å². The molecule has 0 saturated heterocycles. The Kier molecular flexibility index (Phi) is 3.73. The minimum atomic E-state index is 0.712. The Morgan fingerprint density at radius 3 is 2.58 bits per heavy atom. The van der Waals surface area contributed by atoms with Crippen molar-refractivity contribution in [2.75, 3.05) is 16.8 Å². The predicted octanol–water partition coefficient (Wildman–Crippen LogP) is 4.26. The first-order chi connectivity index (χ1) is 11.6. The largest absolute Gasteiger partial charge is 0.332 e. The average molecular weight is 336 g/mol. The Morgan fingerprint density at radius 1 is 1.04 bits per heavy atom. The first kappa shape index (κ1) is 15.1. The van der Waals surface area contributed by atoms with Crippen molar-refractivity contribution in [3.8, 4) is 0 Å². The number of aromatic nitrogens is 2. The molecule has 0 saturated carbocycles. The van der Waals surface area contributed by atoms with Crippen LogP contribution in [0.4, 0.5) is 11.6 Å². The van der Waals surface area contributed by atoms with Crippen molar-refractivity contribution in [2.24, 2.45) is 0 Å². The van der Waals surface area contributed by atoms with Crippen LogP contribution in [-0.2, 0) is 6.54 Å². The summed E-state index contributed by atoms with van der Waals surface area (Å²) in [5.74, 6) is 0.936. The minimum Gasteiger partial charge on any atom is -0.332 e. The summed E-state index contributed by atoms with van der Waals surface area (Å²) in [6.07, 6.45) is 1.06. The molecule has 0 aliphatic carbocycles. The lowest BCUT2D eigenvalue weighted by Crippen LogP contribution is -2.40. The predicted molar refractivity (Wildman–Crippen MR) is 104 cm³/mol. The van der Waals surface area contributed by atoms with Gasteiger partial charge in [0, 0.05) is 18.8 Å². The summed E-state index contributed by atoms with van der Waals surface area (Å²) < 4.78 is 2.26. The number of hydrogen-bond acceptors (Lipinski definition) is 2. The second-order valence-corrected chi connectivity index (χ2v) is 6.64. The summed E-state index contributed by atoms with van der Waals surface area (Å²) in [4.78, 5) is 6.92. The summed E-state index contributed by atoms with van der Waals surface area (Å²) in [7, 11) is 0. The number of fused-ring (bicyclic) bond motifs is 3. The summed E-state index contributed by atoms with van der Waals surface area (Å²) >= 11 is 5.72. The quantitative estimate of drug-likeness (QED) is 0.673. The van der Waals surface area contributed by atoms with Crippen LogP contribution in [0.1, 0.15) is 17.5 Å². The van der Waals surface area contributed by atoms with Crippen molar-refractivity contribution in [3.63, 3.8) is 0 Å². The Bertz CT molecular complexity index is 908. The second kappa shape index (κ2) is 5.91. The SMILES string of the molecule is Cc1cccc(C)c1NC(=S)N1CCCn2c1nc1ccccc12. The van der Waals surface area contributed by atoms with E-state index in [1.54, 1.807) is 0 Å². The fourth-order valence-electron chi connectivity index (χ4n) is 3.35. The fraction of sp³-hybridized carbons (Fsp3) is 0.263. The molecule has 0 bridgehead atoms. The molecule has 2 heterocycles. The molecule has 1 N–H and O–H groups in total. The van der Waals surface area contributed by atoms with E-state index in [2.05, 4.69) is 65.0 Å². The highest BCUT2D eigenvalue weighted by Crippen LogP contribution is 2.28. The number of thiocarbonyl (C=S) groups is 1. The van der Waals surface area contributed by atoms with Crippen molar-refractivity contribution in [3.05, 3.63) is 53.6 Å². The van der Waals surface area contributed by atoms with Gasteiger partial charge in [-0.15, -0.1) is 0 Å². The highest BCUT2D eigenvalue weighted by Gasteiger charge is 2.24. The van der Waals surface area contributed by atoms with Gasteiger partial charge in [0.1, 0.15) is 0 Å². The monoisotopic (exact) mass is 336 g/mol. The molecule has 0 atom stereocenters. The Morgan fingerprint density at radius 2 is 1.79 bits per heavy atom. The number of nitrogens with zero attached hydrogens (tertiary/aromatic N) is 3. The first-order valence-electron chi connectivity index (χ1n) is 8.25. The normalized spacial score (nSPS) is 13.8. The van der Waals surface area contributed by atoms with Crippen molar-refractivity contribution in [2.45, 2.75) is 26.8 Å². The molecule has 4 rings (SSSR count). The van der Waals surface area contributed by atoms with E-state index in [0.717, 1.165) is 36.7 Å². The van der Waals surface area contributed by atoms with Crippen molar-refractivity contribution in [1.82, 2.24) is 9.55 Å². The van der Waals surface area contributed by atoms with Crippen LogP contribution in [-0.4, -0.2) is 21.2 Å². The molecule has 24 heavy (non-hydrogen) atoms. The lowest BCUT2D eigenvalue weighted by molar-refractivity contribution is 0.611. The number of benzene rings is 2. The Hall–Kier alpha value is -2.40. The van der Waals surface area contributed by atoms with E-state index in [1.165, 1.54) is 16.6 Å². The van der Waals surface area contributed by atoms with E-state index in [9.17, 15) is 0 Å². The molecule has 3 aromatic rings. The second-order valence-electron chi connectivity index (χ2n) is 6.25. The molecule has 0 fully saturated rings. The van der Waals surface area contributed by atoms with Crippen LogP contribution in [0.2, 0.25) is 0 Å². The summed E-state index contributed by atoms with van der Waals surface area (Å²) in [6.45, 7) is 6.07. The van der Waals surface area contributed by atoms with E-state index in [0.29, 0.717) is 5.11 Å². The summed E-state index contributed by atoms with van der Waals surface area (Å²) in [5.41, 5.74) is 5.68. The third-order valence-corrected chi connectivity index (χ3v) is 4.92. The maximum absolute atomic E-state index is 5.72. The number of para-hydroxylation sites is 3. The molecule has 122 valence electrons. The number of anilines is 2. The maximum atomic E-state index is 5.72. The molecule has 0 unspecified atom stereocenters. The van der Waals surface area contributed by atoms with Gasteiger partial charge in [-0.3, -0.25) is 4.90 Å². The van der Waals surface area contributed by atoms with Gasteiger partial charge in [0.25, 0.3) is 0 Å². The van der Waals surface area contributed by atoms with Crippen LogP contribution >= 0.6 is 12.2 Å². The molecule has 5 heteroatoms.